The summed E-state index contributed by atoms with van der Waals surface area (Å²) >= 11 is 0. The van der Waals surface area contributed by atoms with Crippen LogP contribution in [0.5, 0.6) is 5.75 Å². The maximum Gasteiger partial charge on any atom is 0.338 e. The van der Waals surface area contributed by atoms with E-state index < -0.39 is 5.97 Å². The molecule has 0 atom stereocenters. The summed E-state index contributed by atoms with van der Waals surface area (Å²) in [6.45, 7) is 6.69. The third-order valence-corrected chi connectivity index (χ3v) is 4.82. The summed E-state index contributed by atoms with van der Waals surface area (Å²) in [6.07, 6.45) is 10.5. The van der Waals surface area contributed by atoms with Crippen LogP contribution in [0, 0.1) is 0 Å². The Morgan fingerprint density at radius 1 is 0.625 bits per heavy atom. The Morgan fingerprint density at radius 2 is 1.06 bits per heavy atom. The fraction of sp³-hybridized carbons (Fsp3) is 0.720. The van der Waals surface area contributed by atoms with Crippen molar-refractivity contribution in [2.45, 2.75) is 58.3 Å². The summed E-state index contributed by atoms with van der Waals surface area (Å²) < 4.78 is 26.9. The first-order valence-corrected chi connectivity index (χ1v) is 12.0. The number of phenols is 1. The first-order valence-electron chi connectivity index (χ1n) is 12.0. The molecule has 0 bridgehead atoms. The van der Waals surface area contributed by atoms with Gasteiger partial charge in [0.1, 0.15) is 12.4 Å². The van der Waals surface area contributed by atoms with Gasteiger partial charge in [0.25, 0.3) is 0 Å². The van der Waals surface area contributed by atoms with Crippen LogP contribution in [-0.2, 0) is 23.7 Å². The van der Waals surface area contributed by atoms with Crippen LogP contribution >= 0.6 is 0 Å². The van der Waals surface area contributed by atoms with E-state index in [0.29, 0.717) is 51.8 Å². The highest BCUT2D eigenvalue weighted by Gasteiger charge is 2.06. The average Bonchev–Trinajstić information content (AvgIpc) is 2.80. The number of benzene rings is 1. The van der Waals surface area contributed by atoms with Crippen LogP contribution < -0.4 is 0 Å². The normalized spacial score (nSPS) is 11.0. The SMILES string of the molecule is CCCCCCCCCCOCCOCCOCCOCCOC(=O)c1ccc(O)cc1. The molecule has 7 nitrogen and oxygen atoms in total. The van der Waals surface area contributed by atoms with Crippen LogP contribution in [0.25, 0.3) is 0 Å². The highest BCUT2D eigenvalue weighted by atomic mass is 16.6. The highest BCUT2D eigenvalue weighted by Crippen LogP contribution is 2.10. The van der Waals surface area contributed by atoms with E-state index in [2.05, 4.69) is 6.92 Å². The number of carbonyl (C=O) groups excluding carboxylic acids is 1. The van der Waals surface area contributed by atoms with Crippen molar-refractivity contribution >= 4 is 5.97 Å². The third-order valence-electron chi connectivity index (χ3n) is 4.82. The lowest BCUT2D eigenvalue weighted by Crippen LogP contribution is -2.14. The third kappa shape index (κ3) is 17.0. The Hall–Kier alpha value is -1.67. The summed E-state index contributed by atoms with van der Waals surface area (Å²) in [5.41, 5.74) is 0.393. The van der Waals surface area contributed by atoms with Gasteiger partial charge in [-0.1, -0.05) is 51.9 Å². The molecule has 0 radical (unpaired) electrons. The Bertz CT molecular complexity index is 548. The zero-order valence-corrected chi connectivity index (χ0v) is 19.7. The van der Waals surface area contributed by atoms with Gasteiger partial charge in [-0.25, -0.2) is 4.79 Å². The Balaban J connectivity index is 1.73. The van der Waals surface area contributed by atoms with Crippen molar-refractivity contribution in [1.82, 2.24) is 0 Å². The fourth-order valence-electron chi connectivity index (χ4n) is 2.97. The number of hydrogen-bond acceptors (Lipinski definition) is 7. The van der Waals surface area contributed by atoms with E-state index >= 15 is 0 Å². The van der Waals surface area contributed by atoms with Gasteiger partial charge >= 0.3 is 5.97 Å². The number of phenolic OH excluding ortho intramolecular Hbond substituents is 1. The maximum atomic E-state index is 11.7. The molecule has 0 saturated carbocycles. The molecule has 1 aromatic carbocycles. The number of unbranched alkanes of at least 4 members (excludes halogenated alkanes) is 7. The molecular formula is C25H42O7. The molecule has 1 rings (SSSR count). The quantitative estimate of drug-likeness (QED) is 0.200. The molecule has 0 spiro atoms. The molecule has 0 amide bonds. The van der Waals surface area contributed by atoms with Crippen molar-refractivity contribution < 1.29 is 33.6 Å². The summed E-state index contributed by atoms with van der Waals surface area (Å²) in [7, 11) is 0. The molecule has 0 heterocycles. The molecular weight excluding hydrogens is 412 g/mol. The van der Waals surface area contributed by atoms with Crippen LogP contribution in [0.1, 0.15) is 68.6 Å². The topological polar surface area (TPSA) is 83.5 Å². The van der Waals surface area contributed by atoms with E-state index in [-0.39, 0.29) is 12.4 Å². The smallest absolute Gasteiger partial charge is 0.338 e. The zero-order valence-electron chi connectivity index (χ0n) is 19.7. The second-order valence-electron chi connectivity index (χ2n) is 7.61. The van der Waals surface area contributed by atoms with Gasteiger partial charge < -0.3 is 28.8 Å². The molecule has 184 valence electrons. The van der Waals surface area contributed by atoms with Gasteiger partial charge in [-0.2, -0.15) is 0 Å². The van der Waals surface area contributed by atoms with Crippen molar-refractivity contribution in [3.63, 3.8) is 0 Å². The summed E-state index contributed by atoms with van der Waals surface area (Å²) in [5.74, 6) is -0.332. The van der Waals surface area contributed by atoms with Crippen molar-refractivity contribution in [2.24, 2.45) is 0 Å². The first kappa shape index (κ1) is 28.4. The van der Waals surface area contributed by atoms with Crippen molar-refractivity contribution in [2.75, 3.05) is 59.5 Å². The molecule has 1 aromatic rings. The standard InChI is InChI=1S/C25H42O7/c1-2-3-4-5-6-7-8-9-14-28-15-16-29-17-18-30-19-20-31-21-22-32-25(27)23-10-12-24(26)13-11-23/h10-13,26H,2-9,14-22H2,1H3. The molecule has 0 aliphatic rings. The fourth-order valence-corrected chi connectivity index (χ4v) is 2.97. The number of carbonyl (C=O) groups is 1. The minimum atomic E-state index is -0.441. The average molecular weight is 455 g/mol. The molecule has 0 saturated heterocycles. The minimum absolute atomic E-state index is 0.109. The van der Waals surface area contributed by atoms with Crippen molar-refractivity contribution in [3.8, 4) is 5.75 Å². The Morgan fingerprint density at radius 3 is 1.59 bits per heavy atom. The lowest BCUT2D eigenvalue weighted by molar-refractivity contribution is -0.00913. The van der Waals surface area contributed by atoms with Crippen LogP contribution in [-0.4, -0.2) is 70.5 Å². The van der Waals surface area contributed by atoms with Gasteiger partial charge in [-0.05, 0) is 30.7 Å². The van der Waals surface area contributed by atoms with Gasteiger partial charge in [0.05, 0.1) is 51.8 Å². The zero-order chi connectivity index (χ0) is 23.1. The summed E-state index contributed by atoms with van der Waals surface area (Å²) in [5, 5.41) is 9.20. The molecule has 0 aliphatic carbocycles. The molecule has 0 unspecified atom stereocenters. The van der Waals surface area contributed by atoms with Gasteiger partial charge in [0, 0.05) is 6.61 Å². The number of rotatable bonds is 22. The number of esters is 1. The van der Waals surface area contributed by atoms with E-state index in [1.165, 1.54) is 69.2 Å². The molecule has 0 fully saturated rings. The van der Waals surface area contributed by atoms with Crippen molar-refractivity contribution in [3.05, 3.63) is 29.8 Å². The molecule has 0 aromatic heterocycles. The van der Waals surface area contributed by atoms with Crippen LogP contribution in [0.4, 0.5) is 0 Å². The van der Waals surface area contributed by atoms with Crippen LogP contribution in [0.3, 0.4) is 0 Å². The van der Waals surface area contributed by atoms with Gasteiger partial charge in [-0.15, -0.1) is 0 Å². The van der Waals surface area contributed by atoms with E-state index in [0.717, 1.165) is 13.0 Å². The van der Waals surface area contributed by atoms with E-state index in [9.17, 15) is 9.90 Å². The van der Waals surface area contributed by atoms with Gasteiger partial charge in [0.15, 0.2) is 0 Å². The largest absolute Gasteiger partial charge is 0.508 e. The summed E-state index contributed by atoms with van der Waals surface area (Å²) in [4.78, 5) is 11.7. The Labute approximate surface area is 193 Å². The first-order chi connectivity index (χ1) is 15.7. The minimum Gasteiger partial charge on any atom is -0.508 e. The van der Waals surface area contributed by atoms with Crippen LogP contribution in [0.15, 0.2) is 24.3 Å². The summed E-state index contributed by atoms with van der Waals surface area (Å²) in [6, 6.07) is 5.91. The van der Waals surface area contributed by atoms with E-state index in [1.54, 1.807) is 0 Å². The second-order valence-corrected chi connectivity index (χ2v) is 7.61. The number of aromatic hydroxyl groups is 1. The lowest BCUT2D eigenvalue weighted by Gasteiger charge is -2.08. The molecule has 32 heavy (non-hydrogen) atoms. The predicted octanol–water partition coefficient (Wildman–Crippen LogP) is 4.76. The van der Waals surface area contributed by atoms with Gasteiger partial charge in [-0.3, -0.25) is 0 Å². The highest BCUT2D eigenvalue weighted by molar-refractivity contribution is 5.89. The second kappa shape index (κ2) is 21.2. The van der Waals surface area contributed by atoms with Crippen molar-refractivity contribution in [1.29, 1.82) is 0 Å². The maximum absolute atomic E-state index is 11.7. The van der Waals surface area contributed by atoms with Gasteiger partial charge in [0.2, 0.25) is 0 Å². The molecule has 0 aliphatic heterocycles. The number of hydrogen-bond donors (Lipinski definition) is 1. The van der Waals surface area contributed by atoms with Crippen LogP contribution in [0.2, 0.25) is 0 Å². The molecule has 1 N–H and O–H groups in total. The Kier molecular flexibility index (Phi) is 18.8. The predicted molar refractivity (Wildman–Crippen MR) is 124 cm³/mol. The lowest BCUT2D eigenvalue weighted by atomic mass is 10.1. The van der Waals surface area contributed by atoms with E-state index in [4.69, 9.17) is 23.7 Å². The number of ether oxygens (including phenoxy) is 5. The van der Waals surface area contributed by atoms with E-state index in [1.807, 2.05) is 0 Å². The monoisotopic (exact) mass is 454 g/mol. The molecule has 7 heteroatoms.